The molecule has 4 rings (SSSR count). The van der Waals surface area contributed by atoms with Gasteiger partial charge >= 0.3 is 0 Å². The number of likely N-dealkylation sites (tertiary alicyclic amines) is 1. The van der Waals surface area contributed by atoms with Gasteiger partial charge in [0.25, 0.3) is 11.8 Å². The molecule has 0 radical (unpaired) electrons. The van der Waals surface area contributed by atoms with E-state index in [2.05, 4.69) is 11.4 Å². The van der Waals surface area contributed by atoms with Crippen molar-refractivity contribution in [3.63, 3.8) is 0 Å². The summed E-state index contributed by atoms with van der Waals surface area (Å²) >= 11 is 9.28. The smallest absolute Gasteiger partial charge is 0.265 e. The van der Waals surface area contributed by atoms with Gasteiger partial charge in [-0.25, -0.2) is 0 Å². The summed E-state index contributed by atoms with van der Waals surface area (Å²) in [7, 11) is 0. The largest absolute Gasteiger partial charge is 0.331 e. The first-order valence-corrected chi connectivity index (χ1v) is 10.8. The summed E-state index contributed by atoms with van der Waals surface area (Å²) < 4.78 is 0. The average molecular weight is 417 g/mol. The predicted molar refractivity (Wildman–Crippen MR) is 111 cm³/mol. The van der Waals surface area contributed by atoms with E-state index in [0.717, 1.165) is 19.4 Å². The second-order valence-electron chi connectivity index (χ2n) is 6.30. The number of carbonyl (C=O) groups excluding carboxylic acids is 2. The van der Waals surface area contributed by atoms with Gasteiger partial charge in [0.1, 0.15) is 0 Å². The van der Waals surface area contributed by atoms with Crippen molar-refractivity contribution in [3.8, 4) is 0 Å². The maximum atomic E-state index is 13.1. The van der Waals surface area contributed by atoms with Crippen LogP contribution in [0.2, 0.25) is 5.02 Å². The molecular weight excluding hydrogens is 400 g/mol. The van der Waals surface area contributed by atoms with Gasteiger partial charge in [-0.2, -0.15) is 0 Å². The van der Waals surface area contributed by atoms with Gasteiger partial charge in [-0.1, -0.05) is 23.7 Å². The lowest BCUT2D eigenvalue weighted by molar-refractivity contribution is 0.0737. The number of halogens is 1. The highest BCUT2D eigenvalue weighted by atomic mass is 35.5. The molecule has 1 aliphatic heterocycles. The Bertz CT molecular complexity index is 955. The first-order valence-electron chi connectivity index (χ1n) is 8.62. The van der Waals surface area contributed by atoms with Crippen molar-refractivity contribution in [2.45, 2.75) is 18.9 Å². The molecule has 0 spiro atoms. The molecule has 0 saturated carbocycles. The highest BCUT2D eigenvalue weighted by Gasteiger charge is 2.31. The Labute approximate surface area is 170 Å². The van der Waals surface area contributed by atoms with E-state index in [1.807, 2.05) is 27.8 Å². The van der Waals surface area contributed by atoms with Crippen LogP contribution in [-0.4, -0.2) is 23.3 Å². The van der Waals surface area contributed by atoms with E-state index in [-0.39, 0.29) is 17.9 Å². The highest BCUT2D eigenvalue weighted by molar-refractivity contribution is 7.12. The Balaban J connectivity index is 1.57. The number of carbonyl (C=O) groups is 2. The lowest BCUT2D eigenvalue weighted by atomic mass is 10.1. The molecule has 3 heterocycles. The first-order chi connectivity index (χ1) is 13.1. The Morgan fingerprint density at radius 2 is 1.93 bits per heavy atom. The number of thiophene rings is 2. The molecule has 1 unspecified atom stereocenters. The zero-order chi connectivity index (χ0) is 18.8. The van der Waals surface area contributed by atoms with Crippen LogP contribution < -0.4 is 5.32 Å². The minimum absolute atomic E-state index is 0.0332. The summed E-state index contributed by atoms with van der Waals surface area (Å²) in [6.07, 6.45) is 1.96. The molecule has 3 aromatic rings. The zero-order valence-corrected chi connectivity index (χ0v) is 16.7. The summed E-state index contributed by atoms with van der Waals surface area (Å²) in [6, 6.07) is 12.8. The second kappa shape index (κ2) is 7.84. The van der Waals surface area contributed by atoms with Gasteiger partial charge in [0.2, 0.25) is 0 Å². The van der Waals surface area contributed by atoms with E-state index in [4.69, 9.17) is 11.6 Å². The molecule has 2 amide bonds. The van der Waals surface area contributed by atoms with Crippen LogP contribution in [0.15, 0.2) is 53.2 Å². The molecule has 4 nitrogen and oxygen atoms in total. The topological polar surface area (TPSA) is 49.4 Å². The number of hydrogen-bond donors (Lipinski definition) is 1. The van der Waals surface area contributed by atoms with Crippen LogP contribution in [0.3, 0.4) is 0 Å². The van der Waals surface area contributed by atoms with Gasteiger partial charge in [0.15, 0.2) is 0 Å². The Hall–Kier alpha value is -2.15. The minimum Gasteiger partial charge on any atom is -0.331 e. The van der Waals surface area contributed by atoms with E-state index in [0.29, 0.717) is 21.2 Å². The van der Waals surface area contributed by atoms with Crippen LogP contribution in [0.25, 0.3) is 0 Å². The van der Waals surface area contributed by atoms with E-state index in [1.165, 1.54) is 16.2 Å². The maximum absolute atomic E-state index is 13.1. The number of benzene rings is 1. The van der Waals surface area contributed by atoms with Crippen molar-refractivity contribution in [3.05, 3.63) is 73.6 Å². The molecule has 1 aliphatic rings. The minimum atomic E-state index is -0.228. The summed E-state index contributed by atoms with van der Waals surface area (Å²) in [5, 5.41) is 7.10. The third-order valence-electron chi connectivity index (χ3n) is 4.59. The van der Waals surface area contributed by atoms with Gasteiger partial charge in [-0.05, 0) is 53.9 Å². The van der Waals surface area contributed by atoms with Gasteiger partial charge in [-0.3, -0.25) is 9.59 Å². The van der Waals surface area contributed by atoms with Gasteiger partial charge in [-0.15, -0.1) is 22.7 Å². The fraction of sp³-hybridized carbons (Fsp3) is 0.200. The van der Waals surface area contributed by atoms with E-state index in [9.17, 15) is 9.59 Å². The van der Waals surface area contributed by atoms with Gasteiger partial charge < -0.3 is 10.2 Å². The van der Waals surface area contributed by atoms with Crippen LogP contribution in [0.1, 0.15) is 43.8 Å². The van der Waals surface area contributed by atoms with Crippen LogP contribution in [0.5, 0.6) is 0 Å². The second-order valence-corrected chi connectivity index (χ2v) is 8.63. The van der Waals surface area contributed by atoms with Crippen molar-refractivity contribution >= 4 is 51.8 Å². The van der Waals surface area contributed by atoms with Crippen molar-refractivity contribution in [1.82, 2.24) is 4.90 Å². The van der Waals surface area contributed by atoms with Gasteiger partial charge in [0.05, 0.1) is 21.6 Å². The quantitative estimate of drug-likeness (QED) is 0.593. The molecular formula is C20H17ClN2O2S2. The number of amides is 2. The fourth-order valence-electron chi connectivity index (χ4n) is 3.30. The maximum Gasteiger partial charge on any atom is 0.265 e. The van der Waals surface area contributed by atoms with E-state index >= 15 is 0 Å². The fourth-order valence-corrected chi connectivity index (χ4v) is 4.96. The third-order valence-corrected chi connectivity index (χ3v) is 6.76. The molecule has 1 aromatic carbocycles. The van der Waals surface area contributed by atoms with Crippen LogP contribution >= 0.6 is 34.3 Å². The van der Waals surface area contributed by atoms with Crippen LogP contribution in [0.4, 0.5) is 5.69 Å². The molecule has 0 bridgehead atoms. The number of anilines is 1. The summed E-state index contributed by atoms with van der Waals surface area (Å²) in [6.45, 7) is 0.737. The molecule has 7 heteroatoms. The lowest BCUT2D eigenvalue weighted by Crippen LogP contribution is -2.30. The Morgan fingerprint density at radius 3 is 2.67 bits per heavy atom. The Kier molecular flexibility index (Phi) is 5.29. The van der Waals surface area contributed by atoms with Crippen LogP contribution in [-0.2, 0) is 0 Å². The highest BCUT2D eigenvalue weighted by Crippen LogP contribution is 2.36. The van der Waals surface area contributed by atoms with Crippen molar-refractivity contribution in [2.75, 3.05) is 11.9 Å². The molecule has 0 aliphatic carbocycles. The zero-order valence-electron chi connectivity index (χ0n) is 14.4. The first kappa shape index (κ1) is 18.2. The number of rotatable bonds is 4. The molecule has 138 valence electrons. The third kappa shape index (κ3) is 3.78. The number of nitrogens with zero attached hydrogens (tertiary/aromatic N) is 1. The summed E-state index contributed by atoms with van der Waals surface area (Å²) in [5.74, 6) is -0.261. The SMILES string of the molecule is O=C(Nc1cc(C(=O)N2CCCC2c2cccs2)ccc1Cl)c1cccs1. The van der Waals surface area contributed by atoms with Crippen molar-refractivity contribution < 1.29 is 9.59 Å². The number of nitrogens with one attached hydrogen (secondary N) is 1. The molecule has 1 fully saturated rings. The standard InChI is InChI=1S/C20H17ClN2O2S2/c21-14-8-7-13(12-15(14)22-19(24)18-6-3-11-27-18)20(25)23-9-1-4-16(23)17-5-2-10-26-17/h2-3,5-8,10-12,16H,1,4,9H2,(H,22,24). The summed E-state index contributed by atoms with van der Waals surface area (Å²) in [4.78, 5) is 29.1. The Morgan fingerprint density at radius 1 is 1.11 bits per heavy atom. The van der Waals surface area contributed by atoms with Gasteiger partial charge in [0, 0.05) is 17.0 Å². The molecule has 1 atom stereocenters. The monoisotopic (exact) mass is 416 g/mol. The van der Waals surface area contributed by atoms with Crippen molar-refractivity contribution in [1.29, 1.82) is 0 Å². The van der Waals surface area contributed by atoms with Crippen LogP contribution in [0, 0.1) is 0 Å². The predicted octanol–water partition coefficient (Wildman–Crippen LogP) is 5.69. The normalized spacial score (nSPS) is 16.5. The number of hydrogen-bond acceptors (Lipinski definition) is 4. The lowest BCUT2D eigenvalue weighted by Gasteiger charge is -2.24. The molecule has 2 aromatic heterocycles. The van der Waals surface area contributed by atoms with E-state index < -0.39 is 0 Å². The van der Waals surface area contributed by atoms with Crippen molar-refractivity contribution in [2.24, 2.45) is 0 Å². The molecule has 1 N–H and O–H groups in total. The molecule has 27 heavy (non-hydrogen) atoms. The molecule has 1 saturated heterocycles. The van der Waals surface area contributed by atoms with E-state index in [1.54, 1.807) is 35.6 Å². The average Bonchev–Trinajstić information content (AvgIpc) is 3.43. The summed E-state index contributed by atoms with van der Waals surface area (Å²) in [5.41, 5.74) is 0.983.